The molecule has 0 N–H and O–H groups in total. The Morgan fingerprint density at radius 2 is 2.00 bits per heavy atom. The fourth-order valence-corrected chi connectivity index (χ4v) is 2.77. The van der Waals surface area contributed by atoms with E-state index >= 15 is 0 Å². The minimum absolute atomic E-state index is 0.580. The van der Waals surface area contributed by atoms with Crippen molar-refractivity contribution in [3.8, 4) is 0 Å². The van der Waals surface area contributed by atoms with Gasteiger partial charge < -0.3 is 0 Å². The lowest BCUT2D eigenvalue weighted by Crippen LogP contribution is -2.04. The Morgan fingerprint density at radius 3 is 2.71 bits per heavy atom. The molecule has 1 aromatic heterocycles. The lowest BCUT2D eigenvalue weighted by atomic mass is 10.0. The number of rotatable bonds is 2. The lowest BCUT2D eigenvalue weighted by Gasteiger charge is -2.08. The summed E-state index contributed by atoms with van der Waals surface area (Å²) in [6.45, 7) is 4.46. The first-order valence-corrected chi connectivity index (χ1v) is 6.73. The predicted octanol–water partition coefficient (Wildman–Crippen LogP) is 4.27. The Morgan fingerprint density at radius 1 is 1.24 bits per heavy atom. The second-order valence-corrected chi connectivity index (χ2v) is 5.52. The molecule has 0 amide bonds. The molecular weight excluding hydrogens is 208 g/mol. The summed E-state index contributed by atoms with van der Waals surface area (Å²) in [6, 6.07) is 7.33. The zero-order valence-electron chi connectivity index (χ0n) is 10.7. The van der Waals surface area contributed by atoms with Gasteiger partial charge in [0.05, 0.1) is 11.6 Å². The molecule has 0 bridgehead atoms. The van der Waals surface area contributed by atoms with E-state index in [1.54, 1.807) is 0 Å². The van der Waals surface area contributed by atoms with Gasteiger partial charge in [-0.1, -0.05) is 38.8 Å². The van der Waals surface area contributed by atoms with Crippen molar-refractivity contribution >= 4 is 10.9 Å². The number of fused-ring (bicyclic) bond motifs is 1. The molecule has 1 fully saturated rings. The lowest BCUT2D eigenvalue weighted by molar-refractivity contribution is 0.470. The van der Waals surface area contributed by atoms with Gasteiger partial charge >= 0.3 is 0 Å². The van der Waals surface area contributed by atoms with Crippen molar-refractivity contribution in [2.45, 2.75) is 51.5 Å². The SMILES string of the molecule is CC(C)c1ccc2cn(C3CCCC3)nc2c1. The highest BCUT2D eigenvalue weighted by Crippen LogP contribution is 2.30. The Labute approximate surface area is 103 Å². The van der Waals surface area contributed by atoms with Crippen LogP contribution in [0.1, 0.15) is 57.1 Å². The summed E-state index contributed by atoms with van der Waals surface area (Å²) in [5.41, 5.74) is 2.54. The normalized spacial score (nSPS) is 17.4. The van der Waals surface area contributed by atoms with Crippen molar-refractivity contribution in [3.63, 3.8) is 0 Å². The van der Waals surface area contributed by atoms with Crippen LogP contribution in [0.15, 0.2) is 24.4 Å². The first kappa shape index (κ1) is 10.8. The molecule has 0 unspecified atom stereocenters. The van der Waals surface area contributed by atoms with Crippen molar-refractivity contribution in [1.82, 2.24) is 9.78 Å². The average molecular weight is 228 g/mol. The Balaban J connectivity index is 2.00. The highest BCUT2D eigenvalue weighted by atomic mass is 15.3. The standard InChI is InChI=1S/C15H20N2/c1-11(2)12-7-8-13-10-17(16-15(13)9-12)14-5-3-4-6-14/h7-11,14H,3-6H2,1-2H3. The van der Waals surface area contributed by atoms with Gasteiger partial charge in [-0.15, -0.1) is 0 Å². The van der Waals surface area contributed by atoms with Crippen LogP contribution in [-0.2, 0) is 0 Å². The molecule has 3 rings (SSSR count). The van der Waals surface area contributed by atoms with Gasteiger partial charge in [0.25, 0.3) is 0 Å². The van der Waals surface area contributed by atoms with Crippen LogP contribution in [0.3, 0.4) is 0 Å². The summed E-state index contributed by atoms with van der Waals surface area (Å²) in [5.74, 6) is 0.580. The molecule has 2 heteroatoms. The van der Waals surface area contributed by atoms with Crippen LogP contribution in [-0.4, -0.2) is 9.78 Å². The van der Waals surface area contributed by atoms with Gasteiger partial charge in [-0.05, 0) is 30.4 Å². The van der Waals surface area contributed by atoms with Crippen LogP contribution >= 0.6 is 0 Å². The van der Waals surface area contributed by atoms with E-state index in [1.165, 1.54) is 36.6 Å². The van der Waals surface area contributed by atoms with Gasteiger partial charge in [-0.3, -0.25) is 4.68 Å². The third-order valence-corrected chi connectivity index (χ3v) is 3.91. The highest BCUT2D eigenvalue weighted by Gasteiger charge is 2.18. The summed E-state index contributed by atoms with van der Waals surface area (Å²) in [5, 5.41) is 6.03. The molecule has 0 aliphatic heterocycles. The summed E-state index contributed by atoms with van der Waals surface area (Å²) in [7, 11) is 0. The average Bonchev–Trinajstić information content (AvgIpc) is 2.96. The van der Waals surface area contributed by atoms with E-state index < -0.39 is 0 Å². The van der Waals surface area contributed by atoms with Gasteiger partial charge in [-0.25, -0.2) is 0 Å². The van der Waals surface area contributed by atoms with Gasteiger partial charge in [-0.2, -0.15) is 5.10 Å². The third-order valence-electron chi connectivity index (χ3n) is 3.91. The quantitative estimate of drug-likeness (QED) is 0.750. The second kappa shape index (κ2) is 4.17. The van der Waals surface area contributed by atoms with Crippen molar-refractivity contribution in [3.05, 3.63) is 30.0 Å². The molecule has 1 heterocycles. The van der Waals surface area contributed by atoms with E-state index in [1.807, 2.05) is 0 Å². The van der Waals surface area contributed by atoms with E-state index in [2.05, 4.69) is 42.9 Å². The van der Waals surface area contributed by atoms with Gasteiger partial charge in [0.15, 0.2) is 0 Å². The zero-order valence-corrected chi connectivity index (χ0v) is 10.7. The number of benzene rings is 1. The minimum atomic E-state index is 0.580. The third kappa shape index (κ3) is 1.97. The zero-order chi connectivity index (χ0) is 11.8. The van der Waals surface area contributed by atoms with Crippen molar-refractivity contribution in [1.29, 1.82) is 0 Å². The van der Waals surface area contributed by atoms with Gasteiger partial charge in [0.1, 0.15) is 0 Å². The van der Waals surface area contributed by atoms with Crippen molar-refractivity contribution < 1.29 is 0 Å². The van der Waals surface area contributed by atoms with E-state index in [9.17, 15) is 0 Å². The Hall–Kier alpha value is -1.31. The Bertz CT molecular complexity index is 519. The summed E-state index contributed by atoms with van der Waals surface area (Å²) >= 11 is 0. The van der Waals surface area contributed by atoms with Crippen molar-refractivity contribution in [2.75, 3.05) is 0 Å². The summed E-state index contributed by atoms with van der Waals surface area (Å²) in [6.07, 6.45) is 7.53. The van der Waals surface area contributed by atoms with Gasteiger partial charge in [0, 0.05) is 11.6 Å². The van der Waals surface area contributed by atoms with Crippen LogP contribution in [0.2, 0.25) is 0 Å². The first-order chi connectivity index (χ1) is 8.24. The number of hydrogen-bond donors (Lipinski definition) is 0. The molecular formula is C15H20N2. The van der Waals surface area contributed by atoms with Crippen LogP contribution in [0, 0.1) is 0 Å². The predicted molar refractivity (Wildman–Crippen MR) is 71.3 cm³/mol. The van der Waals surface area contributed by atoms with Crippen LogP contribution < -0.4 is 0 Å². The van der Waals surface area contributed by atoms with E-state index in [0.29, 0.717) is 12.0 Å². The van der Waals surface area contributed by atoms with Crippen molar-refractivity contribution in [2.24, 2.45) is 0 Å². The molecule has 1 saturated carbocycles. The molecule has 0 saturated heterocycles. The molecule has 2 aromatic rings. The molecule has 0 spiro atoms. The van der Waals surface area contributed by atoms with Crippen LogP contribution in [0.5, 0.6) is 0 Å². The number of hydrogen-bond acceptors (Lipinski definition) is 1. The maximum absolute atomic E-state index is 4.75. The fraction of sp³-hybridized carbons (Fsp3) is 0.533. The first-order valence-electron chi connectivity index (χ1n) is 6.73. The second-order valence-electron chi connectivity index (χ2n) is 5.52. The summed E-state index contributed by atoms with van der Waals surface area (Å²) in [4.78, 5) is 0. The van der Waals surface area contributed by atoms with Crippen LogP contribution in [0.25, 0.3) is 10.9 Å². The topological polar surface area (TPSA) is 17.8 Å². The highest BCUT2D eigenvalue weighted by molar-refractivity contribution is 5.78. The molecule has 2 nitrogen and oxygen atoms in total. The monoisotopic (exact) mass is 228 g/mol. The molecule has 1 aliphatic rings. The van der Waals surface area contributed by atoms with Crippen LogP contribution in [0.4, 0.5) is 0 Å². The maximum atomic E-state index is 4.75. The molecule has 1 aliphatic carbocycles. The smallest absolute Gasteiger partial charge is 0.0926 e. The van der Waals surface area contributed by atoms with E-state index in [-0.39, 0.29) is 0 Å². The molecule has 17 heavy (non-hydrogen) atoms. The van der Waals surface area contributed by atoms with Gasteiger partial charge in [0.2, 0.25) is 0 Å². The van der Waals surface area contributed by atoms with E-state index in [0.717, 1.165) is 5.52 Å². The summed E-state index contributed by atoms with van der Waals surface area (Å²) < 4.78 is 2.20. The largest absolute Gasteiger partial charge is 0.268 e. The molecule has 0 radical (unpaired) electrons. The fourth-order valence-electron chi connectivity index (χ4n) is 2.77. The molecule has 90 valence electrons. The number of nitrogens with zero attached hydrogens (tertiary/aromatic N) is 2. The maximum Gasteiger partial charge on any atom is 0.0926 e. The minimum Gasteiger partial charge on any atom is -0.268 e. The Kier molecular flexibility index (Phi) is 2.65. The van der Waals surface area contributed by atoms with E-state index in [4.69, 9.17) is 5.10 Å². The number of aromatic nitrogens is 2. The molecule has 1 aromatic carbocycles. The molecule has 0 atom stereocenters.